The number of hydrogen-bond donors (Lipinski definition) is 2. The van der Waals surface area contributed by atoms with Gasteiger partial charge in [-0.15, -0.1) is 12.4 Å². The molecule has 2 aromatic rings. The van der Waals surface area contributed by atoms with Crippen LogP contribution in [-0.2, 0) is 0 Å². The smallest absolute Gasteiger partial charge is 0.142 e. The second-order valence-electron chi connectivity index (χ2n) is 3.63. The van der Waals surface area contributed by atoms with Gasteiger partial charge in [-0.1, -0.05) is 0 Å². The van der Waals surface area contributed by atoms with Crippen molar-refractivity contribution in [3.63, 3.8) is 0 Å². The second-order valence-corrected chi connectivity index (χ2v) is 3.63. The Labute approximate surface area is 112 Å². The molecule has 1 heterocycles. The molecule has 0 saturated carbocycles. The third-order valence-electron chi connectivity index (χ3n) is 2.29. The molecule has 3 N–H and O–H groups in total. The molecule has 0 unspecified atom stereocenters. The van der Waals surface area contributed by atoms with E-state index in [2.05, 4.69) is 15.3 Å². The van der Waals surface area contributed by atoms with Gasteiger partial charge in [-0.05, 0) is 25.1 Å². The average Bonchev–Trinajstić information content (AvgIpc) is 2.29. The monoisotopic (exact) mass is 266 g/mol. The Morgan fingerprint density at radius 2 is 2.00 bits per heavy atom. The molecule has 18 heavy (non-hydrogen) atoms. The lowest BCUT2D eigenvalue weighted by Gasteiger charge is -2.11. The molecule has 6 heteroatoms. The lowest BCUT2D eigenvalue weighted by atomic mass is 10.2. The van der Waals surface area contributed by atoms with E-state index in [1.807, 2.05) is 19.1 Å². The Balaban J connectivity index is 0.00000162. The van der Waals surface area contributed by atoms with Crippen molar-refractivity contribution in [1.82, 2.24) is 9.97 Å². The number of benzene rings is 1. The lowest BCUT2D eigenvalue weighted by Crippen LogP contribution is -1.99. The molecule has 2 rings (SSSR count). The number of aromatic nitrogens is 2. The maximum Gasteiger partial charge on any atom is 0.142 e. The summed E-state index contributed by atoms with van der Waals surface area (Å²) in [5.74, 6) is 1.43. The minimum Gasteiger partial charge on any atom is -0.495 e. The molecule has 0 bridgehead atoms. The van der Waals surface area contributed by atoms with Crippen molar-refractivity contribution < 1.29 is 4.74 Å². The van der Waals surface area contributed by atoms with E-state index >= 15 is 0 Å². The second kappa shape index (κ2) is 6.07. The number of nitrogens with one attached hydrogen (secondary N) is 1. The number of nitrogens with two attached hydrogens (primary N) is 1. The van der Waals surface area contributed by atoms with Gasteiger partial charge in [0.15, 0.2) is 0 Å². The van der Waals surface area contributed by atoms with Gasteiger partial charge in [0.05, 0.1) is 12.8 Å². The fourth-order valence-corrected chi connectivity index (χ4v) is 1.48. The van der Waals surface area contributed by atoms with Crippen molar-refractivity contribution >= 4 is 29.6 Å². The topological polar surface area (TPSA) is 73.1 Å². The molecule has 0 saturated heterocycles. The largest absolute Gasteiger partial charge is 0.495 e. The van der Waals surface area contributed by atoms with Crippen molar-refractivity contribution in [2.45, 2.75) is 6.92 Å². The zero-order valence-corrected chi connectivity index (χ0v) is 11.0. The molecule has 0 aliphatic rings. The Hall–Kier alpha value is -2.01. The van der Waals surface area contributed by atoms with Gasteiger partial charge < -0.3 is 15.8 Å². The summed E-state index contributed by atoms with van der Waals surface area (Å²) < 4.78 is 5.24. The van der Waals surface area contributed by atoms with E-state index in [0.29, 0.717) is 11.5 Å². The first-order valence-electron chi connectivity index (χ1n) is 5.18. The summed E-state index contributed by atoms with van der Waals surface area (Å²) in [7, 11) is 1.61. The quantitative estimate of drug-likeness (QED) is 0.835. The zero-order valence-electron chi connectivity index (χ0n) is 10.2. The Kier molecular flexibility index (Phi) is 4.74. The summed E-state index contributed by atoms with van der Waals surface area (Å²) >= 11 is 0. The Bertz CT molecular complexity index is 533. The normalized spacial score (nSPS) is 9.44. The molecule has 0 atom stereocenters. The van der Waals surface area contributed by atoms with E-state index in [1.54, 1.807) is 19.2 Å². The van der Waals surface area contributed by atoms with E-state index in [4.69, 9.17) is 10.5 Å². The van der Waals surface area contributed by atoms with E-state index in [9.17, 15) is 0 Å². The molecule has 0 fully saturated rings. The predicted molar refractivity (Wildman–Crippen MR) is 74.7 cm³/mol. The number of ether oxygens (including phenoxy) is 1. The van der Waals surface area contributed by atoms with Crippen molar-refractivity contribution in [1.29, 1.82) is 0 Å². The maximum atomic E-state index is 5.74. The summed E-state index contributed by atoms with van der Waals surface area (Å²) in [6, 6.07) is 7.25. The van der Waals surface area contributed by atoms with Crippen LogP contribution in [0.4, 0.5) is 17.2 Å². The van der Waals surface area contributed by atoms with Crippen LogP contribution in [0.15, 0.2) is 30.6 Å². The van der Waals surface area contributed by atoms with E-state index in [1.165, 1.54) is 6.33 Å². The predicted octanol–water partition coefficient (Wildman–Crippen LogP) is 2.54. The molecule has 1 aromatic heterocycles. The number of nitrogens with zero attached hydrogens (tertiary/aromatic N) is 2. The van der Waals surface area contributed by atoms with Gasteiger partial charge in [-0.25, -0.2) is 9.97 Å². The highest BCUT2D eigenvalue weighted by Crippen LogP contribution is 2.28. The molecule has 0 radical (unpaired) electrons. The number of halogens is 1. The van der Waals surface area contributed by atoms with Crippen LogP contribution in [0.3, 0.4) is 0 Å². The third kappa shape index (κ3) is 3.24. The fourth-order valence-electron chi connectivity index (χ4n) is 1.48. The molecule has 5 nitrogen and oxygen atoms in total. The van der Waals surface area contributed by atoms with Gasteiger partial charge in [-0.3, -0.25) is 0 Å². The average molecular weight is 267 g/mol. The molecule has 0 aliphatic carbocycles. The maximum absolute atomic E-state index is 5.74. The molecule has 96 valence electrons. The first-order valence-corrected chi connectivity index (χ1v) is 5.18. The highest BCUT2D eigenvalue weighted by molar-refractivity contribution is 5.85. The lowest BCUT2D eigenvalue weighted by molar-refractivity contribution is 0.417. The SMILES string of the molecule is COc1ccc(N)cc1Nc1cc(C)ncn1.Cl. The summed E-state index contributed by atoms with van der Waals surface area (Å²) in [5, 5.41) is 3.15. The first kappa shape index (κ1) is 14.1. The Morgan fingerprint density at radius 1 is 1.22 bits per heavy atom. The molecule has 0 aliphatic heterocycles. The zero-order chi connectivity index (χ0) is 12.3. The molecular weight excluding hydrogens is 252 g/mol. The van der Waals surface area contributed by atoms with Gasteiger partial charge in [0.2, 0.25) is 0 Å². The highest BCUT2D eigenvalue weighted by Gasteiger charge is 2.04. The van der Waals surface area contributed by atoms with Gasteiger partial charge in [-0.2, -0.15) is 0 Å². The first-order chi connectivity index (χ1) is 8.19. The minimum absolute atomic E-state index is 0. The van der Waals surface area contributed by atoms with Crippen LogP contribution in [-0.4, -0.2) is 17.1 Å². The van der Waals surface area contributed by atoms with Crippen LogP contribution < -0.4 is 15.8 Å². The van der Waals surface area contributed by atoms with Crippen molar-refractivity contribution in [2.24, 2.45) is 0 Å². The van der Waals surface area contributed by atoms with Crippen LogP contribution >= 0.6 is 12.4 Å². The van der Waals surface area contributed by atoms with Crippen LogP contribution in [0, 0.1) is 6.92 Å². The molecule has 0 amide bonds. The van der Waals surface area contributed by atoms with Gasteiger partial charge in [0.25, 0.3) is 0 Å². The van der Waals surface area contributed by atoms with Gasteiger partial charge in [0.1, 0.15) is 17.9 Å². The number of hydrogen-bond acceptors (Lipinski definition) is 5. The minimum atomic E-state index is 0. The standard InChI is InChI=1S/C12H14N4O.ClH/c1-8-5-12(15-7-14-8)16-10-6-9(13)3-4-11(10)17-2;/h3-7H,13H2,1-2H3,(H,14,15,16);1H. The van der Waals surface area contributed by atoms with E-state index < -0.39 is 0 Å². The number of anilines is 3. The van der Waals surface area contributed by atoms with Gasteiger partial charge in [0, 0.05) is 17.4 Å². The highest BCUT2D eigenvalue weighted by atomic mass is 35.5. The van der Waals surface area contributed by atoms with Crippen LogP contribution in [0.2, 0.25) is 0 Å². The van der Waals surface area contributed by atoms with Crippen LogP contribution in [0.5, 0.6) is 5.75 Å². The van der Waals surface area contributed by atoms with Crippen molar-refractivity contribution in [3.05, 3.63) is 36.3 Å². The molecule has 0 spiro atoms. The van der Waals surface area contributed by atoms with E-state index in [0.717, 1.165) is 17.1 Å². The van der Waals surface area contributed by atoms with Crippen molar-refractivity contribution in [2.75, 3.05) is 18.2 Å². The number of nitrogen functional groups attached to an aromatic ring is 1. The number of aryl methyl sites for hydroxylation is 1. The third-order valence-corrected chi connectivity index (χ3v) is 2.29. The number of methoxy groups -OCH3 is 1. The number of rotatable bonds is 3. The summed E-state index contributed by atoms with van der Waals surface area (Å²) in [6.45, 7) is 1.91. The van der Waals surface area contributed by atoms with Crippen LogP contribution in [0.25, 0.3) is 0 Å². The summed E-state index contributed by atoms with van der Waals surface area (Å²) in [4.78, 5) is 8.16. The van der Waals surface area contributed by atoms with Crippen molar-refractivity contribution in [3.8, 4) is 5.75 Å². The van der Waals surface area contributed by atoms with E-state index in [-0.39, 0.29) is 12.4 Å². The summed E-state index contributed by atoms with van der Waals surface area (Å²) in [5.41, 5.74) is 8.08. The fraction of sp³-hybridized carbons (Fsp3) is 0.167. The summed E-state index contributed by atoms with van der Waals surface area (Å²) in [6.07, 6.45) is 1.51. The Morgan fingerprint density at radius 3 is 2.67 bits per heavy atom. The van der Waals surface area contributed by atoms with Crippen LogP contribution in [0.1, 0.15) is 5.69 Å². The molecular formula is C12H15ClN4O. The van der Waals surface area contributed by atoms with Gasteiger partial charge >= 0.3 is 0 Å². The molecule has 1 aromatic carbocycles.